The van der Waals surface area contributed by atoms with E-state index >= 15 is 0 Å². The fourth-order valence-corrected chi connectivity index (χ4v) is 1.97. The van der Waals surface area contributed by atoms with E-state index in [1.807, 2.05) is 12.1 Å². The van der Waals surface area contributed by atoms with Gasteiger partial charge in [0, 0.05) is 11.1 Å². The normalized spacial score (nSPS) is 22.0. The Kier molecular flexibility index (Phi) is 2.07. The second-order valence-corrected chi connectivity index (χ2v) is 3.67. The maximum Gasteiger partial charge on any atom is 0.0456 e. The molecule has 1 N–H and O–H groups in total. The van der Waals surface area contributed by atoms with Crippen molar-refractivity contribution in [2.45, 2.75) is 19.4 Å². The molecule has 1 saturated heterocycles. The van der Waals surface area contributed by atoms with Crippen LogP contribution < -0.4 is 5.32 Å². The minimum Gasteiger partial charge on any atom is -0.310 e. The number of aryl methyl sites for hydroxylation is 1. The van der Waals surface area contributed by atoms with Gasteiger partial charge in [-0.2, -0.15) is 0 Å². The van der Waals surface area contributed by atoms with Crippen LogP contribution in [0, 0.1) is 6.92 Å². The zero-order valence-corrected chi connectivity index (χ0v) is 7.86. The van der Waals surface area contributed by atoms with Crippen LogP contribution in [0.2, 0.25) is 5.02 Å². The highest BCUT2D eigenvalue weighted by Gasteiger charge is 2.21. The molecule has 0 spiro atoms. The van der Waals surface area contributed by atoms with Gasteiger partial charge in [-0.1, -0.05) is 23.7 Å². The Morgan fingerprint density at radius 2 is 2.25 bits per heavy atom. The zero-order valence-electron chi connectivity index (χ0n) is 7.10. The predicted molar refractivity (Wildman–Crippen MR) is 51.5 cm³/mol. The second-order valence-electron chi connectivity index (χ2n) is 3.27. The van der Waals surface area contributed by atoms with Crippen LogP contribution in [-0.4, -0.2) is 6.54 Å². The van der Waals surface area contributed by atoms with Crippen LogP contribution in [-0.2, 0) is 0 Å². The third-order valence-electron chi connectivity index (χ3n) is 2.44. The fourth-order valence-electron chi connectivity index (χ4n) is 1.62. The first-order valence-electron chi connectivity index (χ1n) is 4.27. The Labute approximate surface area is 77.7 Å². The van der Waals surface area contributed by atoms with E-state index in [1.54, 1.807) is 0 Å². The highest BCUT2D eigenvalue weighted by atomic mass is 35.5. The molecule has 1 heterocycles. The van der Waals surface area contributed by atoms with Crippen LogP contribution in [0.15, 0.2) is 18.2 Å². The molecule has 0 saturated carbocycles. The van der Waals surface area contributed by atoms with E-state index in [4.69, 9.17) is 11.6 Å². The van der Waals surface area contributed by atoms with E-state index in [0.29, 0.717) is 6.04 Å². The maximum atomic E-state index is 6.10. The molecule has 1 nitrogen and oxygen atoms in total. The molecule has 64 valence electrons. The minimum atomic E-state index is 0.499. The Morgan fingerprint density at radius 3 is 2.75 bits per heavy atom. The van der Waals surface area contributed by atoms with Crippen LogP contribution in [0.4, 0.5) is 0 Å². The van der Waals surface area contributed by atoms with E-state index < -0.39 is 0 Å². The quantitative estimate of drug-likeness (QED) is 0.703. The highest BCUT2D eigenvalue weighted by Crippen LogP contribution is 2.31. The van der Waals surface area contributed by atoms with Crippen molar-refractivity contribution in [3.63, 3.8) is 0 Å². The number of nitrogens with one attached hydrogen (secondary N) is 1. The van der Waals surface area contributed by atoms with Crippen LogP contribution in [0.3, 0.4) is 0 Å². The van der Waals surface area contributed by atoms with Crippen LogP contribution in [0.25, 0.3) is 0 Å². The summed E-state index contributed by atoms with van der Waals surface area (Å²) in [5.74, 6) is 0. The summed E-state index contributed by atoms with van der Waals surface area (Å²) in [5, 5.41) is 4.25. The number of halogens is 1. The summed E-state index contributed by atoms with van der Waals surface area (Å²) in [5.41, 5.74) is 2.57. The Morgan fingerprint density at radius 1 is 1.50 bits per heavy atom. The molecule has 0 bridgehead atoms. The van der Waals surface area contributed by atoms with Gasteiger partial charge < -0.3 is 5.32 Å². The SMILES string of the molecule is Cc1cccc(Cl)c1[C@@H]1CCN1. The lowest BCUT2D eigenvalue weighted by Gasteiger charge is -2.30. The molecule has 0 unspecified atom stereocenters. The molecule has 1 aromatic carbocycles. The van der Waals surface area contributed by atoms with Gasteiger partial charge in [0.05, 0.1) is 0 Å². The molecule has 1 aromatic rings. The molecule has 1 aliphatic rings. The summed E-state index contributed by atoms with van der Waals surface area (Å²) in [4.78, 5) is 0. The molecule has 1 atom stereocenters. The summed E-state index contributed by atoms with van der Waals surface area (Å²) >= 11 is 6.10. The van der Waals surface area contributed by atoms with E-state index in [2.05, 4.69) is 18.3 Å². The second kappa shape index (κ2) is 3.08. The van der Waals surface area contributed by atoms with Gasteiger partial charge in [0.15, 0.2) is 0 Å². The van der Waals surface area contributed by atoms with E-state index in [1.165, 1.54) is 17.5 Å². The lowest BCUT2D eigenvalue weighted by atomic mass is 9.94. The average Bonchev–Trinajstić information content (AvgIpc) is 1.93. The number of hydrogen-bond acceptors (Lipinski definition) is 1. The first-order valence-corrected chi connectivity index (χ1v) is 4.65. The monoisotopic (exact) mass is 181 g/mol. The van der Waals surface area contributed by atoms with Gasteiger partial charge in [-0.25, -0.2) is 0 Å². The first-order chi connectivity index (χ1) is 5.79. The summed E-state index contributed by atoms with van der Waals surface area (Å²) < 4.78 is 0. The number of rotatable bonds is 1. The lowest BCUT2D eigenvalue weighted by Crippen LogP contribution is -2.35. The van der Waals surface area contributed by atoms with E-state index in [0.717, 1.165) is 11.6 Å². The molecule has 1 fully saturated rings. The average molecular weight is 182 g/mol. The molecule has 12 heavy (non-hydrogen) atoms. The smallest absolute Gasteiger partial charge is 0.0456 e. The third-order valence-corrected chi connectivity index (χ3v) is 2.77. The molecule has 0 aliphatic carbocycles. The van der Waals surface area contributed by atoms with Crippen molar-refractivity contribution in [1.82, 2.24) is 5.32 Å². The molecule has 1 aliphatic heterocycles. The van der Waals surface area contributed by atoms with Crippen LogP contribution in [0.5, 0.6) is 0 Å². The fraction of sp³-hybridized carbons (Fsp3) is 0.400. The Hall–Kier alpha value is -0.530. The van der Waals surface area contributed by atoms with E-state index in [-0.39, 0.29) is 0 Å². The van der Waals surface area contributed by atoms with Gasteiger partial charge in [0.1, 0.15) is 0 Å². The lowest BCUT2D eigenvalue weighted by molar-refractivity contribution is 0.382. The van der Waals surface area contributed by atoms with Crippen molar-refractivity contribution in [2.24, 2.45) is 0 Å². The van der Waals surface area contributed by atoms with Crippen molar-refractivity contribution in [3.05, 3.63) is 34.3 Å². The molecule has 0 aromatic heterocycles. The van der Waals surface area contributed by atoms with Gasteiger partial charge in [-0.05, 0) is 37.1 Å². The molecule has 2 heteroatoms. The minimum absolute atomic E-state index is 0.499. The number of benzene rings is 1. The van der Waals surface area contributed by atoms with Crippen molar-refractivity contribution in [2.75, 3.05) is 6.54 Å². The summed E-state index contributed by atoms with van der Waals surface area (Å²) in [6.45, 7) is 3.23. The van der Waals surface area contributed by atoms with Crippen molar-refractivity contribution in [1.29, 1.82) is 0 Å². The summed E-state index contributed by atoms with van der Waals surface area (Å²) in [6, 6.07) is 6.57. The van der Waals surface area contributed by atoms with Gasteiger partial charge >= 0.3 is 0 Å². The van der Waals surface area contributed by atoms with Crippen molar-refractivity contribution < 1.29 is 0 Å². The van der Waals surface area contributed by atoms with Crippen LogP contribution in [0.1, 0.15) is 23.6 Å². The van der Waals surface area contributed by atoms with Gasteiger partial charge in [-0.3, -0.25) is 0 Å². The Bertz CT molecular complexity index is 272. The molecule has 0 radical (unpaired) electrons. The van der Waals surface area contributed by atoms with E-state index in [9.17, 15) is 0 Å². The standard InChI is InChI=1S/C10H12ClN/c1-7-3-2-4-8(11)10(7)9-5-6-12-9/h2-4,9,12H,5-6H2,1H3/t9-/m0/s1. The molecular weight excluding hydrogens is 170 g/mol. The predicted octanol–water partition coefficient (Wildman–Crippen LogP) is 2.68. The van der Waals surface area contributed by atoms with Crippen molar-refractivity contribution >= 4 is 11.6 Å². The van der Waals surface area contributed by atoms with Gasteiger partial charge in [0.2, 0.25) is 0 Å². The molecular formula is C10H12ClN. The first kappa shape index (κ1) is 8.09. The molecule has 2 rings (SSSR count). The van der Waals surface area contributed by atoms with Crippen LogP contribution >= 0.6 is 11.6 Å². The molecule has 0 amide bonds. The number of hydrogen-bond donors (Lipinski definition) is 1. The highest BCUT2D eigenvalue weighted by molar-refractivity contribution is 6.31. The van der Waals surface area contributed by atoms with Crippen molar-refractivity contribution in [3.8, 4) is 0 Å². The topological polar surface area (TPSA) is 12.0 Å². The van der Waals surface area contributed by atoms with Gasteiger partial charge in [0.25, 0.3) is 0 Å². The zero-order chi connectivity index (χ0) is 8.55. The largest absolute Gasteiger partial charge is 0.310 e. The maximum absolute atomic E-state index is 6.10. The summed E-state index contributed by atoms with van der Waals surface area (Å²) in [7, 11) is 0. The van der Waals surface area contributed by atoms with Gasteiger partial charge in [-0.15, -0.1) is 0 Å². The third kappa shape index (κ3) is 1.23. The summed E-state index contributed by atoms with van der Waals surface area (Å²) in [6.07, 6.45) is 1.21. The Balaban J connectivity index is 2.39.